The molecule has 0 N–H and O–H groups in total. The second-order valence-corrected chi connectivity index (χ2v) is 3.19. The number of hydrogen-bond donors (Lipinski definition) is 0. The fourth-order valence-electron chi connectivity index (χ4n) is 0.743. The van der Waals surface area contributed by atoms with Crippen LogP contribution in [0.1, 0.15) is 10.4 Å². The van der Waals surface area contributed by atoms with Crippen molar-refractivity contribution in [2.24, 2.45) is 4.36 Å². The average Bonchev–Trinajstić information content (AvgIpc) is 2.08. The largest absolute Gasteiger partial charge is 0.276 e. The highest BCUT2D eigenvalue weighted by molar-refractivity contribution is 7.54. The standard InChI is InChI=1S/C7H3Cl2NO2S/c8-5-3-4(7(9)11)1-2-6(5)10-13-12/h1-3H. The number of hydrogen-bond acceptors (Lipinski definition) is 3. The maximum absolute atomic E-state index is 10.7. The molecule has 13 heavy (non-hydrogen) atoms. The Bertz CT molecular complexity index is 401. The van der Waals surface area contributed by atoms with Crippen molar-refractivity contribution in [1.29, 1.82) is 0 Å². The Balaban J connectivity index is 3.19. The zero-order valence-electron chi connectivity index (χ0n) is 6.16. The fraction of sp³-hybridized carbons (Fsp3) is 0. The number of nitrogens with zero attached hydrogens (tertiary/aromatic N) is 1. The Morgan fingerprint density at radius 1 is 1.46 bits per heavy atom. The molecule has 0 aliphatic rings. The van der Waals surface area contributed by atoms with Gasteiger partial charge in [0.15, 0.2) is 0 Å². The van der Waals surface area contributed by atoms with Crippen LogP contribution in [-0.2, 0) is 11.5 Å². The van der Waals surface area contributed by atoms with Crippen LogP contribution in [0.3, 0.4) is 0 Å². The highest BCUT2D eigenvalue weighted by Crippen LogP contribution is 2.25. The van der Waals surface area contributed by atoms with E-state index in [1.807, 2.05) is 0 Å². The normalized spacial score (nSPS) is 9.38. The van der Waals surface area contributed by atoms with Gasteiger partial charge in [-0.05, 0) is 29.8 Å². The number of carbonyl (C=O) groups excluding carboxylic acids is 1. The summed E-state index contributed by atoms with van der Waals surface area (Å²) in [5.74, 6) is 0. The van der Waals surface area contributed by atoms with Crippen LogP contribution in [0.2, 0.25) is 5.02 Å². The summed E-state index contributed by atoms with van der Waals surface area (Å²) < 4.78 is 13.6. The van der Waals surface area contributed by atoms with Gasteiger partial charge in [0.25, 0.3) is 5.24 Å². The maximum atomic E-state index is 10.7. The van der Waals surface area contributed by atoms with E-state index in [0.29, 0.717) is 5.69 Å². The van der Waals surface area contributed by atoms with Crippen LogP contribution in [0, 0.1) is 0 Å². The molecule has 0 atom stereocenters. The number of carbonyl (C=O) groups is 1. The van der Waals surface area contributed by atoms with Crippen molar-refractivity contribution in [3.8, 4) is 0 Å². The van der Waals surface area contributed by atoms with Crippen LogP contribution in [0.5, 0.6) is 0 Å². The summed E-state index contributed by atoms with van der Waals surface area (Å²) in [5.41, 5.74) is 0.616. The summed E-state index contributed by atoms with van der Waals surface area (Å²) in [6, 6.07) is 4.28. The van der Waals surface area contributed by atoms with Crippen LogP contribution in [0.25, 0.3) is 0 Å². The second-order valence-electron chi connectivity index (χ2n) is 2.11. The van der Waals surface area contributed by atoms with E-state index in [1.165, 1.54) is 18.2 Å². The first-order valence-corrected chi connectivity index (χ1v) is 4.60. The van der Waals surface area contributed by atoms with Crippen LogP contribution in [-0.4, -0.2) is 9.45 Å². The molecule has 0 unspecified atom stereocenters. The molecule has 0 aromatic heterocycles. The molecule has 1 aromatic rings. The van der Waals surface area contributed by atoms with E-state index in [4.69, 9.17) is 23.2 Å². The third-order valence-corrected chi connectivity index (χ3v) is 2.10. The summed E-state index contributed by atoms with van der Waals surface area (Å²) >= 11 is 11.0. The summed E-state index contributed by atoms with van der Waals surface area (Å²) in [4.78, 5) is 10.7. The Labute approximate surface area is 87.9 Å². The molecule has 0 saturated carbocycles. The molecule has 0 saturated heterocycles. The van der Waals surface area contributed by atoms with E-state index in [-0.39, 0.29) is 22.0 Å². The van der Waals surface area contributed by atoms with Gasteiger partial charge in [0.2, 0.25) is 11.5 Å². The van der Waals surface area contributed by atoms with Gasteiger partial charge in [0.1, 0.15) is 0 Å². The fourth-order valence-corrected chi connectivity index (χ4v) is 1.37. The van der Waals surface area contributed by atoms with E-state index in [0.717, 1.165) is 0 Å². The second kappa shape index (κ2) is 4.50. The van der Waals surface area contributed by atoms with Gasteiger partial charge in [-0.2, -0.15) is 8.57 Å². The minimum atomic E-state index is -0.594. The molecule has 1 rings (SSSR count). The molecule has 6 heteroatoms. The molecule has 0 spiro atoms. The van der Waals surface area contributed by atoms with Crippen LogP contribution >= 0.6 is 23.2 Å². The molecular weight excluding hydrogens is 233 g/mol. The van der Waals surface area contributed by atoms with Crippen LogP contribution in [0.15, 0.2) is 22.6 Å². The lowest BCUT2D eigenvalue weighted by molar-refractivity contribution is 0.108. The third-order valence-electron chi connectivity index (χ3n) is 1.31. The zero-order valence-corrected chi connectivity index (χ0v) is 8.49. The van der Waals surface area contributed by atoms with Gasteiger partial charge in [-0.15, -0.1) is 0 Å². The SMILES string of the molecule is O=S=Nc1ccc(C(=O)Cl)cc1Cl. The first kappa shape index (κ1) is 10.4. The maximum Gasteiger partial charge on any atom is 0.252 e. The van der Waals surface area contributed by atoms with E-state index >= 15 is 0 Å². The van der Waals surface area contributed by atoms with E-state index in [1.54, 1.807) is 0 Å². The van der Waals surface area contributed by atoms with Crippen molar-refractivity contribution >= 4 is 45.6 Å². The van der Waals surface area contributed by atoms with Gasteiger partial charge in [-0.25, -0.2) is 0 Å². The van der Waals surface area contributed by atoms with E-state index in [2.05, 4.69) is 4.36 Å². The van der Waals surface area contributed by atoms with E-state index in [9.17, 15) is 9.00 Å². The molecule has 3 nitrogen and oxygen atoms in total. The van der Waals surface area contributed by atoms with Gasteiger partial charge in [0, 0.05) is 5.56 Å². The van der Waals surface area contributed by atoms with Gasteiger partial charge in [-0.3, -0.25) is 4.79 Å². The molecule has 0 aliphatic carbocycles. The minimum absolute atomic E-state index is 0.0558. The first-order chi connectivity index (χ1) is 6.15. The highest BCUT2D eigenvalue weighted by atomic mass is 35.5. The topological polar surface area (TPSA) is 46.5 Å². The Morgan fingerprint density at radius 2 is 2.15 bits per heavy atom. The smallest absolute Gasteiger partial charge is 0.252 e. The van der Waals surface area contributed by atoms with Crippen molar-refractivity contribution in [2.75, 3.05) is 0 Å². The van der Waals surface area contributed by atoms with E-state index < -0.39 is 5.24 Å². The molecule has 0 heterocycles. The minimum Gasteiger partial charge on any atom is -0.276 e. The monoisotopic (exact) mass is 235 g/mol. The Morgan fingerprint density at radius 3 is 2.62 bits per heavy atom. The van der Waals surface area contributed by atoms with Crippen molar-refractivity contribution < 1.29 is 9.00 Å². The van der Waals surface area contributed by atoms with Crippen molar-refractivity contribution in [1.82, 2.24) is 0 Å². The molecule has 0 fully saturated rings. The number of halogens is 2. The highest BCUT2D eigenvalue weighted by Gasteiger charge is 2.05. The summed E-state index contributed by atoms with van der Waals surface area (Å²) in [6.45, 7) is 0. The molecule has 1 aromatic carbocycles. The van der Waals surface area contributed by atoms with Gasteiger partial charge in [-0.1, -0.05) is 11.6 Å². The van der Waals surface area contributed by atoms with Crippen molar-refractivity contribution in [2.45, 2.75) is 0 Å². The first-order valence-electron chi connectivity index (χ1n) is 3.14. The molecule has 0 bridgehead atoms. The lowest BCUT2D eigenvalue weighted by atomic mass is 10.2. The molecule has 68 valence electrons. The third kappa shape index (κ3) is 2.62. The quantitative estimate of drug-likeness (QED) is 0.741. The number of rotatable bonds is 2. The predicted molar refractivity (Wildman–Crippen MR) is 51.9 cm³/mol. The summed E-state index contributed by atoms with van der Waals surface area (Å²) in [6.07, 6.45) is 0. The van der Waals surface area contributed by atoms with Gasteiger partial charge < -0.3 is 0 Å². The summed E-state index contributed by atoms with van der Waals surface area (Å²) in [7, 11) is 0. The lowest BCUT2D eigenvalue weighted by Gasteiger charge is -1.97. The molecule has 0 radical (unpaired) electrons. The van der Waals surface area contributed by atoms with Crippen LogP contribution in [0.4, 0.5) is 5.69 Å². The lowest BCUT2D eigenvalue weighted by Crippen LogP contribution is -1.86. The Hall–Kier alpha value is -0.710. The zero-order chi connectivity index (χ0) is 9.84. The van der Waals surface area contributed by atoms with Gasteiger partial charge >= 0.3 is 0 Å². The average molecular weight is 236 g/mol. The summed E-state index contributed by atoms with van der Waals surface area (Å²) in [5, 5.41) is -0.363. The van der Waals surface area contributed by atoms with Gasteiger partial charge in [0.05, 0.1) is 10.7 Å². The molecule has 0 amide bonds. The Kier molecular flexibility index (Phi) is 3.59. The van der Waals surface area contributed by atoms with Crippen molar-refractivity contribution in [3.63, 3.8) is 0 Å². The van der Waals surface area contributed by atoms with Crippen LogP contribution < -0.4 is 0 Å². The predicted octanol–water partition coefficient (Wildman–Crippen LogP) is 2.75. The molecular formula is C7H3Cl2NO2S. The van der Waals surface area contributed by atoms with Crippen molar-refractivity contribution in [3.05, 3.63) is 28.8 Å². The number of benzene rings is 1. The molecule has 0 aliphatic heterocycles.